The molecule has 0 bridgehead atoms. The SMILES string of the molecule is CCNC(=NCc1cn(C)nc1C(F)(F)F)NCCC(C)c1ccc(OC)cc1. The number of nitrogens with one attached hydrogen (secondary N) is 2. The summed E-state index contributed by atoms with van der Waals surface area (Å²) in [5.74, 6) is 1.60. The minimum atomic E-state index is -4.49. The summed E-state index contributed by atoms with van der Waals surface area (Å²) in [5.41, 5.74) is 0.344. The molecule has 2 aromatic rings. The van der Waals surface area contributed by atoms with Crippen molar-refractivity contribution in [3.8, 4) is 5.75 Å². The Morgan fingerprint density at radius 2 is 1.93 bits per heavy atom. The minimum Gasteiger partial charge on any atom is -0.497 e. The second kappa shape index (κ2) is 10.2. The molecule has 6 nitrogen and oxygen atoms in total. The van der Waals surface area contributed by atoms with Crippen molar-refractivity contribution in [2.75, 3.05) is 20.2 Å². The number of hydrogen-bond donors (Lipinski definition) is 2. The van der Waals surface area contributed by atoms with E-state index in [9.17, 15) is 13.2 Å². The van der Waals surface area contributed by atoms with Gasteiger partial charge in [-0.1, -0.05) is 19.1 Å². The molecule has 9 heteroatoms. The molecule has 2 rings (SSSR count). The molecule has 1 heterocycles. The van der Waals surface area contributed by atoms with Crippen LogP contribution in [-0.2, 0) is 19.8 Å². The number of nitrogens with zero attached hydrogens (tertiary/aromatic N) is 3. The summed E-state index contributed by atoms with van der Waals surface area (Å²) in [4.78, 5) is 4.29. The lowest BCUT2D eigenvalue weighted by atomic mass is 9.98. The molecule has 160 valence electrons. The van der Waals surface area contributed by atoms with Crippen LogP contribution >= 0.6 is 0 Å². The number of benzene rings is 1. The number of aliphatic imine (C=N–C) groups is 1. The highest BCUT2D eigenvalue weighted by Gasteiger charge is 2.36. The Kier molecular flexibility index (Phi) is 7.92. The van der Waals surface area contributed by atoms with Crippen LogP contribution in [0.3, 0.4) is 0 Å². The fourth-order valence-electron chi connectivity index (χ4n) is 2.90. The van der Waals surface area contributed by atoms with Gasteiger partial charge in [-0.15, -0.1) is 0 Å². The van der Waals surface area contributed by atoms with Gasteiger partial charge in [0.25, 0.3) is 0 Å². The lowest BCUT2D eigenvalue weighted by molar-refractivity contribution is -0.142. The van der Waals surface area contributed by atoms with E-state index in [0.717, 1.165) is 16.9 Å². The average Bonchev–Trinajstić information content (AvgIpc) is 3.07. The number of hydrogen-bond acceptors (Lipinski definition) is 3. The standard InChI is InChI=1S/C20H28F3N5O/c1-5-24-19(26-12-16-13-28(3)27-18(16)20(21,22)23)25-11-10-14(2)15-6-8-17(29-4)9-7-15/h6-9,13-14H,5,10-12H2,1-4H3,(H2,24,25,26). The van der Waals surface area contributed by atoms with Crippen LogP contribution in [0.4, 0.5) is 13.2 Å². The van der Waals surface area contributed by atoms with Gasteiger partial charge < -0.3 is 15.4 Å². The molecule has 1 aromatic carbocycles. The van der Waals surface area contributed by atoms with E-state index in [2.05, 4.69) is 27.6 Å². The Morgan fingerprint density at radius 3 is 2.52 bits per heavy atom. The molecular formula is C20H28F3N5O. The third kappa shape index (κ3) is 6.69. The first-order valence-electron chi connectivity index (χ1n) is 9.50. The zero-order chi connectivity index (χ0) is 21.4. The van der Waals surface area contributed by atoms with Crippen molar-refractivity contribution in [2.45, 2.75) is 38.9 Å². The van der Waals surface area contributed by atoms with Crippen LogP contribution in [0.5, 0.6) is 5.75 Å². The molecule has 1 unspecified atom stereocenters. The summed E-state index contributed by atoms with van der Waals surface area (Å²) in [6.45, 7) is 5.17. The maximum Gasteiger partial charge on any atom is 0.435 e. The van der Waals surface area contributed by atoms with Crippen LogP contribution in [0.2, 0.25) is 0 Å². The average molecular weight is 411 g/mol. The summed E-state index contributed by atoms with van der Waals surface area (Å²) >= 11 is 0. The van der Waals surface area contributed by atoms with Crippen LogP contribution in [0.25, 0.3) is 0 Å². The largest absolute Gasteiger partial charge is 0.497 e. The van der Waals surface area contributed by atoms with Gasteiger partial charge in [0.2, 0.25) is 0 Å². The fraction of sp³-hybridized carbons (Fsp3) is 0.500. The maximum atomic E-state index is 13.1. The van der Waals surface area contributed by atoms with Gasteiger partial charge in [-0.3, -0.25) is 4.68 Å². The summed E-state index contributed by atoms with van der Waals surface area (Å²) in [7, 11) is 3.10. The molecule has 0 spiro atoms. The van der Waals surface area contributed by atoms with Crippen molar-refractivity contribution in [2.24, 2.45) is 12.0 Å². The molecule has 0 aliphatic rings. The van der Waals surface area contributed by atoms with Gasteiger partial charge in [0.1, 0.15) is 5.75 Å². The number of alkyl halides is 3. The van der Waals surface area contributed by atoms with Gasteiger partial charge in [0.15, 0.2) is 11.7 Å². The number of halogens is 3. The molecule has 0 aliphatic carbocycles. The van der Waals surface area contributed by atoms with Crippen molar-refractivity contribution >= 4 is 5.96 Å². The highest BCUT2D eigenvalue weighted by Crippen LogP contribution is 2.30. The molecule has 0 saturated heterocycles. The number of methoxy groups -OCH3 is 1. The Morgan fingerprint density at radius 1 is 1.24 bits per heavy atom. The lowest BCUT2D eigenvalue weighted by Gasteiger charge is -2.15. The number of aryl methyl sites for hydroxylation is 1. The van der Waals surface area contributed by atoms with Crippen molar-refractivity contribution in [3.63, 3.8) is 0 Å². The number of aromatic nitrogens is 2. The van der Waals surface area contributed by atoms with Gasteiger partial charge in [0, 0.05) is 31.9 Å². The summed E-state index contributed by atoms with van der Waals surface area (Å²) in [5, 5.41) is 9.75. The molecule has 1 atom stereocenters. The first-order chi connectivity index (χ1) is 13.7. The summed E-state index contributed by atoms with van der Waals surface area (Å²) < 4.78 is 45.5. The van der Waals surface area contributed by atoms with Crippen molar-refractivity contribution in [3.05, 3.63) is 47.3 Å². The fourth-order valence-corrected chi connectivity index (χ4v) is 2.90. The Balaban J connectivity index is 1.95. The first-order valence-corrected chi connectivity index (χ1v) is 9.50. The molecular weight excluding hydrogens is 383 g/mol. The van der Waals surface area contributed by atoms with Crippen LogP contribution in [0.1, 0.15) is 43.0 Å². The lowest BCUT2D eigenvalue weighted by Crippen LogP contribution is -2.38. The van der Waals surface area contributed by atoms with Crippen molar-refractivity contribution < 1.29 is 17.9 Å². The molecule has 0 amide bonds. The smallest absolute Gasteiger partial charge is 0.435 e. The van der Waals surface area contributed by atoms with Gasteiger partial charge in [-0.25, -0.2) is 4.99 Å². The molecule has 0 aliphatic heterocycles. The topological polar surface area (TPSA) is 63.5 Å². The van der Waals surface area contributed by atoms with Crippen LogP contribution in [0.15, 0.2) is 35.5 Å². The highest BCUT2D eigenvalue weighted by atomic mass is 19.4. The van der Waals surface area contributed by atoms with E-state index >= 15 is 0 Å². The van der Waals surface area contributed by atoms with Crippen LogP contribution in [-0.4, -0.2) is 35.9 Å². The molecule has 0 saturated carbocycles. The number of guanidine groups is 1. The van der Waals surface area contributed by atoms with Crippen LogP contribution in [0, 0.1) is 0 Å². The van der Waals surface area contributed by atoms with E-state index in [1.807, 2.05) is 31.2 Å². The Labute approximate surface area is 169 Å². The maximum absolute atomic E-state index is 13.1. The second-order valence-corrected chi connectivity index (χ2v) is 6.76. The quantitative estimate of drug-likeness (QED) is 0.514. The number of ether oxygens (including phenoxy) is 1. The summed E-state index contributed by atoms with van der Waals surface area (Å²) in [6.07, 6.45) is -2.30. The summed E-state index contributed by atoms with van der Waals surface area (Å²) in [6, 6.07) is 7.92. The number of rotatable bonds is 8. The second-order valence-electron chi connectivity index (χ2n) is 6.76. The molecule has 1 aromatic heterocycles. The van der Waals surface area contributed by atoms with E-state index in [-0.39, 0.29) is 12.1 Å². The third-order valence-corrected chi connectivity index (χ3v) is 4.48. The van der Waals surface area contributed by atoms with Gasteiger partial charge in [0.05, 0.1) is 13.7 Å². The molecule has 0 fully saturated rings. The van der Waals surface area contributed by atoms with E-state index < -0.39 is 11.9 Å². The zero-order valence-corrected chi connectivity index (χ0v) is 17.2. The van der Waals surface area contributed by atoms with Gasteiger partial charge >= 0.3 is 6.18 Å². The molecule has 0 radical (unpaired) electrons. The monoisotopic (exact) mass is 411 g/mol. The predicted molar refractivity (Wildman–Crippen MR) is 107 cm³/mol. The Hall–Kier alpha value is -2.71. The molecule has 2 N–H and O–H groups in total. The van der Waals surface area contributed by atoms with Crippen molar-refractivity contribution in [1.82, 2.24) is 20.4 Å². The Bertz CT molecular complexity index is 799. The van der Waals surface area contributed by atoms with E-state index in [0.29, 0.717) is 25.0 Å². The highest BCUT2D eigenvalue weighted by molar-refractivity contribution is 5.79. The normalized spacial score (nSPS) is 13.3. The predicted octanol–water partition coefficient (Wildman–Crippen LogP) is 3.70. The molecule has 29 heavy (non-hydrogen) atoms. The third-order valence-electron chi connectivity index (χ3n) is 4.48. The van der Waals surface area contributed by atoms with Gasteiger partial charge in [-0.05, 0) is 37.0 Å². The van der Waals surface area contributed by atoms with E-state index in [1.165, 1.54) is 18.8 Å². The van der Waals surface area contributed by atoms with Crippen LogP contribution < -0.4 is 15.4 Å². The first kappa shape index (κ1) is 22.6. The minimum absolute atomic E-state index is 0.0452. The van der Waals surface area contributed by atoms with Gasteiger partial charge in [-0.2, -0.15) is 18.3 Å². The zero-order valence-electron chi connectivity index (χ0n) is 17.2. The van der Waals surface area contributed by atoms with Crippen molar-refractivity contribution in [1.29, 1.82) is 0 Å². The van der Waals surface area contributed by atoms with E-state index in [4.69, 9.17) is 4.74 Å². The van der Waals surface area contributed by atoms with E-state index in [1.54, 1.807) is 7.11 Å².